The highest BCUT2D eigenvalue weighted by molar-refractivity contribution is 7.89. The SMILES string of the molecule is O=C(O)C1=Cc2cc(S(=O)(=O)NCc3ccco3)ccc2OC1C(F)(F)F. The summed E-state index contributed by atoms with van der Waals surface area (Å²) in [7, 11) is -4.01. The zero-order chi connectivity index (χ0) is 19.8. The van der Waals surface area contributed by atoms with E-state index in [1.807, 2.05) is 0 Å². The molecule has 7 nitrogen and oxygen atoms in total. The summed E-state index contributed by atoms with van der Waals surface area (Å²) in [6.07, 6.45) is -5.45. The standard InChI is InChI=1S/C16H12F3NO6S/c17-16(18,19)14-12(15(21)22)7-9-6-11(3-4-13(9)26-14)27(23,24)20-8-10-2-1-5-25-10/h1-7,14,20H,8H2,(H,21,22). The highest BCUT2D eigenvalue weighted by atomic mass is 32.2. The van der Waals surface area contributed by atoms with Crippen LogP contribution in [-0.2, 0) is 21.4 Å². The maximum Gasteiger partial charge on any atom is 0.430 e. The van der Waals surface area contributed by atoms with Crippen LogP contribution in [0, 0.1) is 0 Å². The summed E-state index contributed by atoms with van der Waals surface area (Å²) in [5.41, 5.74) is -1.12. The first-order valence-electron chi connectivity index (χ1n) is 7.42. The Morgan fingerprint density at radius 2 is 2.00 bits per heavy atom. The molecule has 1 aromatic heterocycles. The molecule has 1 atom stereocenters. The van der Waals surface area contributed by atoms with E-state index in [9.17, 15) is 26.4 Å². The lowest BCUT2D eigenvalue weighted by molar-refractivity contribution is -0.187. The second-order valence-corrected chi connectivity index (χ2v) is 7.31. The Morgan fingerprint density at radius 3 is 2.59 bits per heavy atom. The Labute approximate surface area is 151 Å². The van der Waals surface area contributed by atoms with Gasteiger partial charge in [-0.05, 0) is 36.4 Å². The second-order valence-electron chi connectivity index (χ2n) is 5.55. The van der Waals surface area contributed by atoms with E-state index < -0.39 is 33.8 Å². The van der Waals surface area contributed by atoms with Gasteiger partial charge in [-0.15, -0.1) is 0 Å². The summed E-state index contributed by atoms with van der Waals surface area (Å²) in [5.74, 6) is -1.72. The van der Waals surface area contributed by atoms with Crippen molar-refractivity contribution in [2.24, 2.45) is 0 Å². The Kier molecular flexibility index (Phi) is 4.74. The van der Waals surface area contributed by atoms with Gasteiger partial charge in [0.1, 0.15) is 11.5 Å². The average Bonchev–Trinajstić information content (AvgIpc) is 3.11. The van der Waals surface area contributed by atoms with Gasteiger partial charge in [-0.1, -0.05) is 0 Å². The van der Waals surface area contributed by atoms with Crippen LogP contribution in [0.5, 0.6) is 5.75 Å². The molecule has 1 aliphatic rings. The van der Waals surface area contributed by atoms with Gasteiger partial charge >= 0.3 is 12.1 Å². The molecule has 0 bridgehead atoms. The average molecular weight is 403 g/mol. The fraction of sp³-hybridized carbons (Fsp3) is 0.188. The first-order valence-corrected chi connectivity index (χ1v) is 8.90. The first-order chi connectivity index (χ1) is 12.6. The van der Waals surface area contributed by atoms with E-state index >= 15 is 0 Å². The molecule has 0 radical (unpaired) electrons. The number of benzene rings is 1. The summed E-state index contributed by atoms with van der Waals surface area (Å²) in [5, 5.41) is 9.03. The van der Waals surface area contributed by atoms with Gasteiger partial charge in [-0.2, -0.15) is 13.2 Å². The van der Waals surface area contributed by atoms with Gasteiger partial charge in [0, 0.05) is 5.56 Å². The van der Waals surface area contributed by atoms with Crippen LogP contribution in [0.1, 0.15) is 11.3 Å². The molecule has 0 fully saturated rings. The molecule has 0 saturated carbocycles. The van der Waals surface area contributed by atoms with Crippen molar-refractivity contribution in [1.29, 1.82) is 0 Å². The Hall–Kier alpha value is -2.79. The molecule has 0 saturated heterocycles. The zero-order valence-electron chi connectivity index (χ0n) is 13.4. The maximum atomic E-state index is 13.0. The van der Waals surface area contributed by atoms with Crippen molar-refractivity contribution in [3.8, 4) is 5.75 Å². The number of hydrogen-bond donors (Lipinski definition) is 2. The lowest BCUT2D eigenvalue weighted by Gasteiger charge is -2.27. The first kappa shape index (κ1) is 19.0. The minimum atomic E-state index is -4.93. The summed E-state index contributed by atoms with van der Waals surface area (Å²) >= 11 is 0. The highest BCUT2D eigenvalue weighted by Gasteiger charge is 2.48. The molecule has 2 N–H and O–H groups in total. The number of carbonyl (C=O) groups is 1. The number of fused-ring (bicyclic) bond motifs is 1. The van der Waals surface area contributed by atoms with Crippen LogP contribution < -0.4 is 9.46 Å². The molecule has 0 aliphatic carbocycles. The van der Waals surface area contributed by atoms with E-state index in [1.165, 1.54) is 6.26 Å². The molecular formula is C16H12F3NO6S. The number of alkyl halides is 3. The van der Waals surface area contributed by atoms with Crippen molar-refractivity contribution >= 4 is 22.1 Å². The maximum absolute atomic E-state index is 13.0. The molecule has 11 heteroatoms. The van der Waals surface area contributed by atoms with Crippen LogP contribution in [0.15, 0.2) is 51.5 Å². The third-order valence-corrected chi connectivity index (χ3v) is 5.09. The van der Waals surface area contributed by atoms with Crippen LogP contribution in [0.25, 0.3) is 6.08 Å². The number of nitrogens with one attached hydrogen (secondary N) is 1. The fourth-order valence-electron chi connectivity index (χ4n) is 2.43. The molecule has 0 amide bonds. The van der Waals surface area contributed by atoms with E-state index in [0.29, 0.717) is 5.76 Å². The summed E-state index contributed by atoms with van der Waals surface area (Å²) in [6, 6.07) is 6.29. The van der Waals surface area contributed by atoms with Gasteiger partial charge in [0.2, 0.25) is 16.1 Å². The predicted molar refractivity (Wildman–Crippen MR) is 85.3 cm³/mol. The van der Waals surface area contributed by atoms with Crippen molar-refractivity contribution in [3.63, 3.8) is 0 Å². The molecule has 2 aromatic rings. The van der Waals surface area contributed by atoms with Gasteiger partial charge in [-0.25, -0.2) is 17.9 Å². The number of rotatable bonds is 5. The van der Waals surface area contributed by atoms with Crippen LogP contribution in [0.3, 0.4) is 0 Å². The normalized spacial score (nSPS) is 17.0. The monoisotopic (exact) mass is 403 g/mol. The summed E-state index contributed by atoms with van der Waals surface area (Å²) < 4.78 is 75.7. The number of furan rings is 1. The number of halogens is 3. The van der Waals surface area contributed by atoms with Crippen molar-refractivity contribution in [2.75, 3.05) is 0 Å². The Morgan fingerprint density at radius 1 is 1.26 bits per heavy atom. The van der Waals surface area contributed by atoms with Gasteiger partial charge in [0.25, 0.3) is 0 Å². The van der Waals surface area contributed by atoms with Crippen molar-refractivity contribution in [2.45, 2.75) is 23.7 Å². The largest absolute Gasteiger partial charge is 0.478 e. The quantitative estimate of drug-likeness (QED) is 0.795. The topological polar surface area (TPSA) is 106 Å². The van der Waals surface area contributed by atoms with Crippen LogP contribution in [-0.4, -0.2) is 31.8 Å². The van der Waals surface area contributed by atoms with E-state index in [1.54, 1.807) is 12.1 Å². The van der Waals surface area contributed by atoms with E-state index in [-0.39, 0.29) is 22.8 Å². The number of ether oxygens (including phenoxy) is 1. The van der Waals surface area contributed by atoms with E-state index in [2.05, 4.69) is 4.72 Å². The van der Waals surface area contributed by atoms with Crippen LogP contribution in [0.4, 0.5) is 13.2 Å². The number of aliphatic carboxylic acids is 1. The lowest BCUT2D eigenvalue weighted by Crippen LogP contribution is -2.40. The van der Waals surface area contributed by atoms with Gasteiger partial charge in [0.15, 0.2) is 0 Å². The van der Waals surface area contributed by atoms with Gasteiger partial charge in [0.05, 0.1) is 23.3 Å². The second kappa shape index (κ2) is 6.74. The molecule has 1 aromatic carbocycles. The number of sulfonamides is 1. The molecule has 1 aliphatic heterocycles. The predicted octanol–water partition coefficient (Wildman–Crippen LogP) is 2.55. The third-order valence-electron chi connectivity index (χ3n) is 3.69. The third kappa shape index (κ3) is 3.98. The van der Waals surface area contributed by atoms with E-state index in [4.69, 9.17) is 14.3 Å². The van der Waals surface area contributed by atoms with Crippen molar-refractivity contribution in [3.05, 3.63) is 53.5 Å². The number of hydrogen-bond acceptors (Lipinski definition) is 5. The van der Waals surface area contributed by atoms with Crippen LogP contribution >= 0.6 is 0 Å². The van der Waals surface area contributed by atoms with Crippen molar-refractivity contribution in [1.82, 2.24) is 4.72 Å². The van der Waals surface area contributed by atoms with Gasteiger partial charge < -0.3 is 14.3 Å². The molecular weight excluding hydrogens is 391 g/mol. The van der Waals surface area contributed by atoms with Crippen molar-refractivity contribution < 1.29 is 40.6 Å². The summed E-state index contributed by atoms with van der Waals surface area (Å²) in [4.78, 5) is 10.9. The zero-order valence-corrected chi connectivity index (χ0v) is 14.2. The Balaban J connectivity index is 1.92. The number of carboxylic acids is 1. The molecule has 1 unspecified atom stereocenters. The number of carboxylic acid groups (broad SMARTS) is 1. The molecule has 144 valence electrons. The Bertz CT molecular complexity index is 996. The minimum Gasteiger partial charge on any atom is -0.478 e. The molecule has 0 spiro atoms. The van der Waals surface area contributed by atoms with Crippen LogP contribution in [0.2, 0.25) is 0 Å². The van der Waals surface area contributed by atoms with Gasteiger partial charge in [-0.3, -0.25) is 0 Å². The van der Waals surface area contributed by atoms with E-state index in [0.717, 1.165) is 24.3 Å². The summed E-state index contributed by atoms with van der Waals surface area (Å²) in [6.45, 7) is -0.130. The lowest BCUT2D eigenvalue weighted by atomic mass is 10.0. The molecule has 3 rings (SSSR count). The molecule has 27 heavy (non-hydrogen) atoms. The fourth-order valence-corrected chi connectivity index (χ4v) is 3.46. The smallest absolute Gasteiger partial charge is 0.430 e. The minimum absolute atomic E-state index is 0.0891. The highest BCUT2D eigenvalue weighted by Crippen LogP contribution is 2.38. The molecule has 2 heterocycles.